The zero-order chi connectivity index (χ0) is 14.1. The first-order valence-electron chi connectivity index (χ1n) is 6.25. The highest BCUT2D eigenvalue weighted by molar-refractivity contribution is 7.99. The second-order valence-corrected chi connectivity index (χ2v) is 6.25. The van der Waals surface area contributed by atoms with Gasteiger partial charge in [-0.25, -0.2) is 0 Å². The Morgan fingerprint density at radius 1 is 1.50 bits per heavy atom. The summed E-state index contributed by atoms with van der Waals surface area (Å²) in [5.74, 6) is 3.19. The zero-order valence-corrected chi connectivity index (χ0v) is 12.5. The van der Waals surface area contributed by atoms with E-state index in [1.165, 1.54) is 12.1 Å². The van der Waals surface area contributed by atoms with Gasteiger partial charge in [0.1, 0.15) is 5.75 Å². The van der Waals surface area contributed by atoms with Crippen molar-refractivity contribution in [2.75, 3.05) is 25.1 Å². The minimum absolute atomic E-state index is 0.120. The summed E-state index contributed by atoms with van der Waals surface area (Å²) in [5, 5.41) is 14.1. The Hall–Kier alpha value is -1.24. The van der Waals surface area contributed by atoms with Crippen LogP contribution in [0.4, 0.5) is 0 Å². The van der Waals surface area contributed by atoms with Gasteiger partial charge >= 0.3 is 0 Å². The number of rotatable bonds is 2. The smallest absolute Gasteiger partial charge is 0.259 e. The molecule has 1 unspecified atom stereocenters. The van der Waals surface area contributed by atoms with E-state index in [4.69, 9.17) is 16.1 Å². The van der Waals surface area contributed by atoms with Gasteiger partial charge in [0, 0.05) is 18.1 Å². The third-order valence-electron chi connectivity index (χ3n) is 3.32. The van der Waals surface area contributed by atoms with Crippen LogP contribution in [0.2, 0.25) is 5.02 Å². The summed E-state index contributed by atoms with van der Waals surface area (Å²) in [6, 6.07) is 4.81. The van der Waals surface area contributed by atoms with Gasteiger partial charge in [-0.3, -0.25) is 4.90 Å². The fourth-order valence-electron chi connectivity index (χ4n) is 2.12. The summed E-state index contributed by atoms with van der Waals surface area (Å²) in [4.78, 5) is 6.65. The Morgan fingerprint density at radius 3 is 3.15 bits per heavy atom. The molecule has 7 heteroatoms. The normalized spacial score (nSPS) is 20.2. The summed E-state index contributed by atoms with van der Waals surface area (Å²) >= 11 is 7.98. The first-order valence-corrected chi connectivity index (χ1v) is 7.79. The van der Waals surface area contributed by atoms with Gasteiger partial charge in [0.2, 0.25) is 0 Å². The molecule has 0 radical (unpaired) electrons. The Morgan fingerprint density at radius 2 is 2.35 bits per heavy atom. The molecule has 0 amide bonds. The third kappa shape index (κ3) is 2.63. The van der Waals surface area contributed by atoms with Crippen LogP contribution >= 0.6 is 23.4 Å². The van der Waals surface area contributed by atoms with Crippen LogP contribution in [0.15, 0.2) is 22.7 Å². The van der Waals surface area contributed by atoms with E-state index in [9.17, 15) is 5.11 Å². The Balaban J connectivity index is 1.91. The molecular weight excluding hydrogens is 298 g/mol. The lowest BCUT2D eigenvalue weighted by Gasteiger charge is -2.29. The molecule has 20 heavy (non-hydrogen) atoms. The van der Waals surface area contributed by atoms with Crippen molar-refractivity contribution in [3.63, 3.8) is 0 Å². The minimum Gasteiger partial charge on any atom is -0.508 e. The first-order chi connectivity index (χ1) is 9.65. The Kier molecular flexibility index (Phi) is 3.87. The van der Waals surface area contributed by atoms with E-state index in [0.29, 0.717) is 22.3 Å². The monoisotopic (exact) mass is 311 g/mol. The van der Waals surface area contributed by atoms with E-state index in [-0.39, 0.29) is 11.8 Å². The number of aromatic nitrogens is 2. The highest BCUT2D eigenvalue weighted by atomic mass is 35.5. The predicted molar refractivity (Wildman–Crippen MR) is 79.1 cm³/mol. The van der Waals surface area contributed by atoms with E-state index in [0.717, 1.165) is 18.1 Å². The highest BCUT2D eigenvalue weighted by Crippen LogP contribution is 2.32. The molecule has 1 aromatic carbocycles. The quantitative estimate of drug-likeness (QED) is 0.920. The number of hydrogen-bond acceptors (Lipinski definition) is 6. The van der Waals surface area contributed by atoms with E-state index in [2.05, 4.69) is 22.1 Å². The van der Waals surface area contributed by atoms with Gasteiger partial charge in [0.15, 0.2) is 5.82 Å². The Labute approximate surface area is 125 Å². The van der Waals surface area contributed by atoms with Crippen molar-refractivity contribution in [3.05, 3.63) is 29.0 Å². The van der Waals surface area contributed by atoms with Crippen molar-refractivity contribution in [1.29, 1.82) is 0 Å². The lowest BCUT2D eigenvalue weighted by molar-refractivity contribution is 0.257. The molecule has 1 N–H and O–H groups in total. The topological polar surface area (TPSA) is 62.4 Å². The lowest BCUT2D eigenvalue weighted by atomic mass is 10.2. The number of thioether (sulfide) groups is 1. The van der Waals surface area contributed by atoms with Crippen LogP contribution in [-0.4, -0.2) is 45.2 Å². The van der Waals surface area contributed by atoms with Gasteiger partial charge in [-0.2, -0.15) is 16.7 Å². The summed E-state index contributed by atoms with van der Waals surface area (Å²) in [6.07, 6.45) is 0. The lowest BCUT2D eigenvalue weighted by Crippen LogP contribution is -2.33. The van der Waals surface area contributed by atoms with Crippen molar-refractivity contribution in [3.8, 4) is 17.2 Å². The van der Waals surface area contributed by atoms with E-state index in [1.807, 2.05) is 11.8 Å². The molecule has 1 aliphatic rings. The average molecular weight is 312 g/mol. The fourth-order valence-corrected chi connectivity index (χ4v) is 3.52. The van der Waals surface area contributed by atoms with Crippen LogP contribution in [0, 0.1) is 0 Å². The second kappa shape index (κ2) is 5.63. The first kappa shape index (κ1) is 13.7. The van der Waals surface area contributed by atoms with Crippen molar-refractivity contribution in [2.24, 2.45) is 0 Å². The van der Waals surface area contributed by atoms with Crippen molar-refractivity contribution in [1.82, 2.24) is 15.0 Å². The molecule has 2 heterocycles. The zero-order valence-electron chi connectivity index (χ0n) is 10.9. The molecule has 0 aliphatic carbocycles. The molecule has 2 aromatic rings. The molecule has 0 spiro atoms. The van der Waals surface area contributed by atoms with Crippen molar-refractivity contribution >= 4 is 23.4 Å². The molecule has 3 rings (SSSR count). The van der Waals surface area contributed by atoms with Gasteiger partial charge in [0.25, 0.3) is 5.89 Å². The Bertz CT molecular complexity index is 619. The van der Waals surface area contributed by atoms with Gasteiger partial charge < -0.3 is 9.63 Å². The predicted octanol–water partition coefficient (Wildman–Crippen LogP) is 2.82. The maximum atomic E-state index is 9.54. The molecule has 5 nitrogen and oxygen atoms in total. The second-order valence-electron chi connectivity index (χ2n) is 4.69. The van der Waals surface area contributed by atoms with Gasteiger partial charge in [-0.15, -0.1) is 0 Å². The number of phenols is 1. The minimum atomic E-state index is 0.120. The molecule has 0 saturated carbocycles. The molecule has 1 aliphatic heterocycles. The molecular formula is C13H14ClN3O2S. The van der Waals surface area contributed by atoms with Crippen molar-refractivity contribution < 1.29 is 9.63 Å². The maximum absolute atomic E-state index is 9.54. The highest BCUT2D eigenvalue weighted by Gasteiger charge is 2.26. The third-order valence-corrected chi connectivity index (χ3v) is 4.67. The molecule has 1 atom stereocenters. The average Bonchev–Trinajstić information content (AvgIpc) is 2.91. The molecule has 106 valence electrons. The standard InChI is InChI=1S/C13H14ClN3O2S/c1-17-4-5-20-7-11(17)12-15-13(19-16-12)9-6-8(18)2-3-10(9)14/h2-3,6,11,18H,4-5,7H2,1H3. The van der Waals surface area contributed by atoms with Crippen LogP contribution in [0.3, 0.4) is 0 Å². The molecule has 0 bridgehead atoms. The largest absolute Gasteiger partial charge is 0.508 e. The fraction of sp³-hybridized carbons (Fsp3) is 0.385. The summed E-state index contributed by atoms with van der Waals surface area (Å²) in [6.45, 7) is 1.01. The maximum Gasteiger partial charge on any atom is 0.259 e. The number of aromatic hydroxyl groups is 1. The van der Waals surface area contributed by atoms with Crippen molar-refractivity contribution in [2.45, 2.75) is 6.04 Å². The van der Waals surface area contributed by atoms with Crippen LogP contribution in [0.5, 0.6) is 5.75 Å². The number of phenolic OH excluding ortho intramolecular Hbond substituents is 1. The van der Waals surface area contributed by atoms with E-state index >= 15 is 0 Å². The van der Waals surface area contributed by atoms with Gasteiger partial charge in [0.05, 0.1) is 16.6 Å². The SMILES string of the molecule is CN1CCSCC1c1noc(-c2cc(O)ccc2Cl)n1. The summed E-state index contributed by atoms with van der Waals surface area (Å²) in [5.41, 5.74) is 0.552. The van der Waals surface area contributed by atoms with Gasteiger partial charge in [-0.1, -0.05) is 16.8 Å². The van der Waals surface area contributed by atoms with Crippen LogP contribution in [-0.2, 0) is 0 Å². The number of halogens is 1. The van der Waals surface area contributed by atoms with Crippen LogP contribution < -0.4 is 0 Å². The number of benzene rings is 1. The van der Waals surface area contributed by atoms with E-state index in [1.54, 1.807) is 6.07 Å². The number of nitrogens with zero attached hydrogens (tertiary/aromatic N) is 3. The van der Waals surface area contributed by atoms with Gasteiger partial charge in [-0.05, 0) is 25.2 Å². The summed E-state index contributed by atoms with van der Waals surface area (Å²) < 4.78 is 5.30. The van der Waals surface area contributed by atoms with Crippen LogP contribution in [0.1, 0.15) is 11.9 Å². The molecule has 1 aromatic heterocycles. The molecule has 1 saturated heterocycles. The van der Waals surface area contributed by atoms with Crippen LogP contribution in [0.25, 0.3) is 11.5 Å². The molecule has 1 fully saturated rings. The van der Waals surface area contributed by atoms with E-state index < -0.39 is 0 Å². The summed E-state index contributed by atoms with van der Waals surface area (Å²) in [7, 11) is 2.06. The number of hydrogen-bond donors (Lipinski definition) is 1.